The highest BCUT2D eigenvalue weighted by Crippen LogP contribution is 2.21. The highest BCUT2D eigenvalue weighted by Gasteiger charge is 2.27. The maximum absolute atomic E-state index is 11.8. The number of carbonyl (C=O) groups excluding carboxylic acids is 1. The van der Waals surface area contributed by atoms with Gasteiger partial charge in [0, 0.05) is 6.54 Å². The smallest absolute Gasteiger partial charge is 0.391 e. The van der Waals surface area contributed by atoms with Crippen molar-refractivity contribution in [3.8, 4) is 0 Å². The van der Waals surface area contributed by atoms with Crippen LogP contribution < -0.4 is 5.32 Å². The van der Waals surface area contributed by atoms with Crippen molar-refractivity contribution in [2.75, 3.05) is 18.1 Å². The Bertz CT molecular complexity index is 251. The molecule has 1 amide bonds. The van der Waals surface area contributed by atoms with Crippen molar-refractivity contribution < 1.29 is 23.1 Å². The van der Waals surface area contributed by atoms with E-state index in [1.807, 2.05) is 20.8 Å². The van der Waals surface area contributed by atoms with Crippen molar-refractivity contribution in [2.24, 2.45) is 5.41 Å². The fourth-order valence-corrected chi connectivity index (χ4v) is 1.45. The lowest BCUT2D eigenvalue weighted by atomic mass is 9.89. The van der Waals surface area contributed by atoms with Gasteiger partial charge in [-0.15, -0.1) is 11.8 Å². The molecule has 0 aromatic heterocycles. The first-order valence-corrected chi connectivity index (χ1v) is 6.27. The van der Waals surface area contributed by atoms with Gasteiger partial charge in [-0.3, -0.25) is 4.79 Å². The van der Waals surface area contributed by atoms with E-state index in [4.69, 9.17) is 0 Å². The minimum Gasteiger partial charge on any atom is -0.391 e. The van der Waals surface area contributed by atoms with E-state index < -0.39 is 23.9 Å². The highest BCUT2D eigenvalue weighted by atomic mass is 32.2. The zero-order valence-corrected chi connectivity index (χ0v) is 10.9. The number of alkyl halides is 3. The van der Waals surface area contributed by atoms with Gasteiger partial charge in [0.05, 0.1) is 17.6 Å². The van der Waals surface area contributed by atoms with Crippen molar-refractivity contribution in [2.45, 2.75) is 33.1 Å². The molecule has 0 aromatic rings. The Morgan fingerprint density at radius 1 is 1.35 bits per heavy atom. The first kappa shape index (κ1) is 16.6. The molecule has 2 N–H and O–H groups in total. The van der Waals surface area contributed by atoms with Gasteiger partial charge in [0.2, 0.25) is 5.91 Å². The number of aliphatic hydroxyl groups excluding tert-OH is 1. The number of thioether (sulfide) groups is 1. The summed E-state index contributed by atoms with van der Waals surface area (Å²) in [5, 5.41) is 12.0. The predicted octanol–water partition coefficient (Wildman–Crippen LogP) is 1.81. The molecule has 0 aliphatic rings. The zero-order chi connectivity index (χ0) is 13.7. The maximum atomic E-state index is 11.8. The number of rotatable bonds is 5. The lowest BCUT2D eigenvalue weighted by Crippen LogP contribution is -2.39. The molecule has 0 aromatic carbocycles. The number of nitrogens with one attached hydrogen (secondary N) is 1. The second-order valence-corrected chi connectivity index (χ2v) is 5.78. The van der Waals surface area contributed by atoms with Gasteiger partial charge in [0.1, 0.15) is 0 Å². The van der Waals surface area contributed by atoms with E-state index >= 15 is 0 Å². The SMILES string of the molecule is CC(C)(C)C(O)CNC(=O)CSCC(F)(F)F. The quantitative estimate of drug-likeness (QED) is 0.803. The summed E-state index contributed by atoms with van der Waals surface area (Å²) >= 11 is 0.509. The van der Waals surface area contributed by atoms with Crippen LogP contribution in [0, 0.1) is 5.41 Å². The molecule has 1 atom stereocenters. The molecule has 0 fully saturated rings. The lowest BCUT2D eigenvalue weighted by Gasteiger charge is -2.25. The number of hydrogen-bond acceptors (Lipinski definition) is 3. The van der Waals surface area contributed by atoms with Crippen LogP contribution in [0.1, 0.15) is 20.8 Å². The predicted molar refractivity (Wildman–Crippen MR) is 61.9 cm³/mol. The Hall–Kier alpha value is -0.430. The van der Waals surface area contributed by atoms with Crippen LogP contribution in [0.4, 0.5) is 13.2 Å². The molecule has 0 saturated heterocycles. The molecular weight excluding hydrogens is 255 g/mol. The van der Waals surface area contributed by atoms with E-state index in [1.54, 1.807) is 0 Å². The summed E-state index contributed by atoms with van der Waals surface area (Å²) in [6.07, 6.45) is -4.98. The number of hydrogen-bond donors (Lipinski definition) is 2. The summed E-state index contributed by atoms with van der Waals surface area (Å²) in [6, 6.07) is 0. The van der Waals surface area contributed by atoms with E-state index in [0.29, 0.717) is 11.8 Å². The molecule has 7 heteroatoms. The highest BCUT2D eigenvalue weighted by molar-refractivity contribution is 8.00. The monoisotopic (exact) mass is 273 g/mol. The third-order valence-corrected chi connectivity index (χ3v) is 2.99. The molecule has 17 heavy (non-hydrogen) atoms. The average Bonchev–Trinajstić information content (AvgIpc) is 2.10. The molecule has 0 heterocycles. The first-order valence-electron chi connectivity index (χ1n) is 5.11. The third kappa shape index (κ3) is 9.29. The van der Waals surface area contributed by atoms with Crippen LogP contribution in [0.3, 0.4) is 0 Å². The molecule has 0 radical (unpaired) electrons. The van der Waals surface area contributed by atoms with Gasteiger partial charge in [0.15, 0.2) is 0 Å². The van der Waals surface area contributed by atoms with Crippen molar-refractivity contribution in [3.63, 3.8) is 0 Å². The van der Waals surface area contributed by atoms with Gasteiger partial charge in [-0.1, -0.05) is 20.8 Å². The molecule has 0 aliphatic heterocycles. The molecule has 0 bridgehead atoms. The lowest BCUT2D eigenvalue weighted by molar-refractivity contribution is -0.119. The van der Waals surface area contributed by atoms with Crippen LogP contribution in [-0.2, 0) is 4.79 Å². The van der Waals surface area contributed by atoms with Gasteiger partial charge < -0.3 is 10.4 Å². The number of halogens is 3. The van der Waals surface area contributed by atoms with Crippen molar-refractivity contribution in [1.82, 2.24) is 5.32 Å². The van der Waals surface area contributed by atoms with Crippen molar-refractivity contribution in [1.29, 1.82) is 0 Å². The summed E-state index contributed by atoms with van der Waals surface area (Å²) in [5.41, 5.74) is -0.369. The molecule has 0 rings (SSSR count). The summed E-state index contributed by atoms with van der Waals surface area (Å²) in [5.74, 6) is -1.79. The van der Waals surface area contributed by atoms with Crippen LogP contribution in [0.2, 0.25) is 0 Å². The Kier molecular flexibility index (Phi) is 6.32. The third-order valence-electron chi connectivity index (χ3n) is 1.99. The van der Waals surface area contributed by atoms with Gasteiger partial charge in [-0.25, -0.2) is 0 Å². The topological polar surface area (TPSA) is 49.3 Å². The van der Waals surface area contributed by atoms with Crippen molar-refractivity contribution >= 4 is 17.7 Å². The largest absolute Gasteiger partial charge is 0.397 e. The van der Waals surface area contributed by atoms with Gasteiger partial charge in [-0.2, -0.15) is 13.2 Å². The van der Waals surface area contributed by atoms with E-state index in [0.717, 1.165) is 0 Å². The van der Waals surface area contributed by atoms with Crippen LogP contribution in [0.25, 0.3) is 0 Å². The van der Waals surface area contributed by atoms with Gasteiger partial charge >= 0.3 is 6.18 Å². The number of amides is 1. The normalized spacial score (nSPS) is 14.5. The number of aliphatic hydroxyl groups is 1. The van der Waals surface area contributed by atoms with Gasteiger partial charge in [0.25, 0.3) is 0 Å². The Morgan fingerprint density at radius 3 is 2.29 bits per heavy atom. The summed E-state index contributed by atoms with van der Waals surface area (Å²) in [4.78, 5) is 11.1. The first-order chi connectivity index (χ1) is 7.52. The van der Waals surface area contributed by atoms with Crippen LogP contribution in [0.15, 0.2) is 0 Å². The van der Waals surface area contributed by atoms with Crippen LogP contribution in [-0.4, -0.2) is 41.3 Å². The second kappa shape index (κ2) is 6.49. The summed E-state index contributed by atoms with van der Waals surface area (Å²) < 4.78 is 35.4. The average molecular weight is 273 g/mol. The van der Waals surface area contributed by atoms with Crippen LogP contribution in [0.5, 0.6) is 0 Å². The standard InChI is InChI=1S/C10H18F3NO2S/c1-9(2,3)7(15)4-14-8(16)5-17-6-10(11,12)13/h7,15H,4-6H2,1-3H3,(H,14,16). The summed E-state index contributed by atoms with van der Waals surface area (Å²) in [6.45, 7) is 5.47. The Labute approximate surface area is 103 Å². The fourth-order valence-electron chi connectivity index (χ4n) is 0.827. The molecule has 0 spiro atoms. The molecule has 3 nitrogen and oxygen atoms in total. The van der Waals surface area contributed by atoms with E-state index in [-0.39, 0.29) is 17.7 Å². The Balaban J connectivity index is 3.75. The minimum atomic E-state index is -4.25. The molecular formula is C10H18F3NO2S. The Morgan fingerprint density at radius 2 is 1.88 bits per heavy atom. The van der Waals surface area contributed by atoms with Crippen molar-refractivity contribution in [3.05, 3.63) is 0 Å². The molecule has 0 aliphatic carbocycles. The van der Waals surface area contributed by atoms with E-state index in [9.17, 15) is 23.1 Å². The van der Waals surface area contributed by atoms with Gasteiger partial charge in [-0.05, 0) is 5.41 Å². The maximum Gasteiger partial charge on any atom is 0.397 e. The fraction of sp³-hybridized carbons (Fsp3) is 0.900. The summed E-state index contributed by atoms with van der Waals surface area (Å²) in [7, 11) is 0. The van der Waals surface area contributed by atoms with E-state index in [1.165, 1.54) is 0 Å². The van der Waals surface area contributed by atoms with Crippen LogP contribution >= 0.6 is 11.8 Å². The minimum absolute atomic E-state index is 0.0505. The molecule has 102 valence electrons. The molecule has 0 saturated carbocycles. The second-order valence-electron chi connectivity index (χ2n) is 4.79. The molecule has 1 unspecified atom stereocenters. The number of carbonyl (C=O) groups is 1. The zero-order valence-electron chi connectivity index (χ0n) is 10.1. The van der Waals surface area contributed by atoms with E-state index in [2.05, 4.69) is 5.32 Å².